The fourth-order valence-electron chi connectivity index (χ4n) is 6.74. The minimum atomic E-state index is -0.820. The molecule has 58 heavy (non-hydrogen) atoms. The maximum atomic E-state index is 12.2. The van der Waals surface area contributed by atoms with Crippen LogP contribution in [-0.2, 0) is 19.1 Å². The molecule has 0 saturated heterocycles. The summed E-state index contributed by atoms with van der Waals surface area (Å²) in [6, 6.07) is 0. The first-order chi connectivity index (χ1) is 28.6. The van der Waals surface area contributed by atoms with Crippen LogP contribution < -0.4 is 0 Å². The molecule has 5 heteroatoms. The molecule has 0 aromatic heterocycles. The third-order valence-electron chi connectivity index (χ3n) is 10.5. The standard InChI is InChI=1S/C53H92O5/c1-3-5-7-9-11-13-15-17-19-21-23-25-26-28-29-31-33-35-37-39-41-43-45-47-52(55)57-50-51(49-54)58-53(56)48-46-44-42-40-38-36-34-32-30-27-24-22-20-18-16-14-12-10-8-6-4-2/h20,22,27,30-31,33-34,36,39-42,51,54H,3-19,21,23-26,28-29,32,35,37-38,43-50H2,1-2H3/b22-20+,30-27+,33-31+,36-34+,41-39+,42-40+/t51-/m0/s1. The van der Waals surface area contributed by atoms with Crippen molar-refractivity contribution in [3.8, 4) is 0 Å². The topological polar surface area (TPSA) is 72.8 Å². The highest BCUT2D eigenvalue weighted by Gasteiger charge is 2.15. The van der Waals surface area contributed by atoms with Crippen molar-refractivity contribution in [3.63, 3.8) is 0 Å². The third kappa shape index (κ3) is 46.0. The normalized spacial score (nSPS) is 12.8. The van der Waals surface area contributed by atoms with Gasteiger partial charge >= 0.3 is 11.9 Å². The van der Waals surface area contributed by atoms with Gasteiger partial charge < -0.3 is 14.6 Å². The molecule has 0 aliphatic heterocycles. The highest BCUT2D eigenvalue weighted by molar-refractivity contribution is 5.70. The van der Waals surface area contributed by atoms with Crippen LogP contribution in [0.3, 0.4) is 0 Å². The minimum absolute atomic E-state index is 0.111. The number of esters is 2. The molecule has 1 N–H and O–H groups in total. The Morgan fingerprint density at radius 2 is 0.707 bits per heavy atom. The van der Waals surface area contributed by atoms with Crippen LogP contribution in [0.4, 0.5) is 0 Å². The fraction of sp³-hybridized carbons (Fsp3) is 0.736. The molecule has 0 aliphatic rings. The molecule has 0 amide bonds. The highest BCUT2D eigenvalue weighted by Crippen LogP contribution is 2.14. The van der Waals surface area contributed by atoms with Crippen LogP contribution in [0.1, 0.15) is 232 Å². The molecule has 0 rings (SSSR count). The van der Waals surface area contributed by atoms with Crippen LogP contribution >= 0.6 is 0 Å². The SMILES string of the molecule is CCCCCCCCC/C=C/C/C=C/C/C=C/C/C=C/CCCC(=O)O[C@@H](CO)COC(=O)CCC/C=C/CC/C=C/CCCCCCCCCCCCCCCC. The van der Waals surface area contributed by atoms with E-state index in [0.717, 1.165) is 44.9 Å². The molecule has 0 fully saturated rings. The first-order valence-electron chi connectivity index (χ1n) is 24.5. The number of aliphatic hydroxyl groups excluding tert-OH is 1. The van der Waals surface area contributed by atoms with Crippen molar-refractivity contribution in [1.82, 2.24) is 0 Å². The molecule has 0 heterocycles. The summed E-state index contributed by atoms with van der Waals surface area (Å²) in [6.45, 7) is 4.07. The molecule has 0 aliphatic carbocycles. The molecule has 5 nitrogen and oxygen atoms in total. The molecular formula is C53H92O5. The largest absolute Gasteiger partial charge is 0.462 e. The average Bonchev–Trinajstić information content (AvgIpc) is 3.23. The Morgan fingerprint density at radius 3 is 1.10 bits per heavy atom. The van der Waals surface area contributed by atoms with Crippen molar-refractivity contribution in [2.75, 3.05) is 13.2 Å². The van der Waals surface area contributed by atoms with E-state index < -0.39 is 6.10 Å². The van der Waals surface area contributed by atoms with Gasteiger partial charge in [-0.25, -0.2) is 0 Å². The number of hydrogen-bond donors (Lipinski definition) is 1. The summed E-state index contributed by atoms with van der Waals surface area (Å²) in [7, 11) is 0. The van der Waals surface area contributed by atoms with Gasteiger partial charge in [0, 0.05) is 12.8 Å². The molecule has 0 unspecified atom stereocenters. The lowest BCUT2D eigenvalue weighted by Gasteiger charge is -2.15. The van der Waals surface area contributed by atoms with E-state index in [1.807, 2.05) is 0 Å². The number of unbranched alkanes of at least 4 members (excludes halogenated alkanes) is 24. The van der Waals surface area contributed by atoms with E-state index in [0.29, 0.717) is 19.3 Å². The Bertz CT molecular complexity index is 1050. The van der Waals surface area contributed by atoms with E-state index in [9.17, 15) is 14.7 Å². The summed E-state index contributed by atoms with van der Waals surface area (Å²) in [5.41, 5.74) is 0. The van der Waals surface area contributed by atoms with E-state index in [1.165, 1.54) is 148 Å². The fourth-order valence-corrected chi connectivity index (χ4v) is 6.74. The second-order valence-corrected chi connectivity index (χ2v) is 16.2. The van der Waals surface area contributed by atoms with Gasteiger partial charge in [0.05, 0.1) is 6.61 Å². The van der Waals surface area contributed by atoms with Gasteiger partial charge in [0.2, 0.25) is 0 Å². The van der Waals surface area contributed by atoms with Crippen LogP contribution in [0.2, 0.25) is 0 Å². The zero-order chi connectivity index (χ0) is 42.1. The second kappa shape index (κ2) is 48.7. The smallest absolute Gasteiger partial charge is 0.306 e. The molecular weight excluding hydrogens is 717 g/mol. The molecule has 334 valence electrons. The van der Waals surface area contributed by atoms with Gasteiger partial charge in [-0.05, 0) is 83.5 Å². The summed E-state index contributed by atoms with van der Waals surface area (Å²) in [5, 5.41) is 9.59. The van der Waals surface area contributed by atoms with Crippen molar-refractivity contribution >= 4 is 11.9 Å². The van der Waals surface area contributed by atoms with E-state index in [4.69, 9.17) is 9.47 Å². The summed E-state index contributed by atoms with van der Waals surface area (Å²) >= 11 is 0. The van der Waals surface area contributed by atoms with Crippen molar-refractivity contribution in [1.29, 1.82) is 0 Å². The predicted octanol–water partition coefficient (Wildman–Crippen LogP) is 16.1. The number of aliphatic hydroxyl groups is 1. The number of carbonyl (C=O) groups is 2. The Labute approximate surface area is 359 Å². The first kappa shape index (κ1) is 55.3. The lowest BCUT2D eigenvalue weighted by molar-refractivity contribution is -0.161. The van der Waals surface area contributed by atoms with Crippen LogP contribution in [0.5, 0.6) is 0 Å². The minimum Gasteiger partial charge on any atom is -0.462 e. The molecule has 0 aromatic carbocycles. The van der Waals surface area contributed by atoms with Gasteiger partial charge in [-0.15, -0.1) is 0 Å². The molecule has 0 saturated carbocycles. The van der Waals surface area contributed by atoms with Crippen molar-refractivity contribution < 1.29 is 24.2 Å². The molecule has 0 radical (unpaired) electrons. The van der Waals surface area contributed by atoms with Gasteiger partial charge in [0.15, 0.2) is 6.10 Å². The second-order valence-electron chi connectivity index (χ2n) is 16.2. The zero-order valence-electron chi connectivity index (χ0n) is 38.0. The Kier molecular flexibility index (Phi) is 46.5. The summed E-state index contributed by atoms with van der Waals surface area (Å²) in [6.07, 6.45) is 65.8. The maximum Gasteiger partial charge on any atom is 0.306 e. The van der Waals surface area contributed by atoms with Gasteiger partial charge in [-0.3, -0.25) is 9.59 Å². The van der Waals surface area contributed by atoms with Crippen molar-refractivity contribution in [3.05, 3.63) is 72.9 Å². The average molecular weight is 809 g/mol. The lowest BCUT2D eigenvalue weighted by Crippen LogP contribution is -2.28. The molecule has 1 atom stereocenters. The van der Waals surface area contributed by atoms with Crippen LogP contribution in [0, 0.1) is 0 Å². The van der Waals surface area contributed by atoms with Gasteiger partial charge in [-0.1, -0.05) is 209 Å². The number of hydrogen-bond acceptors (Lipinski definition) is 5. The number of allylic oxidation sites excluding steroid dienone is 12. The lowest BCUT2D eigenvalue weighted by atomic mass is 10.0. The number of carbonyl (C=O) groups excluding carboxylic acids is 2. The summed E-state index contributed by atoms with van der Waals surface area (Å²) in [4.78, 5) is 24.4. The van der Waals surface area contributed by atoms with E-state index >= 15 is 0 Å². The van der Waals surface area contributed by atoms with E-state index in [1.54, 1.807) is 0 Å². The Hall–Kier alpha value is -2.66. The molecule has 0 spiro atoms. The molecule has 0 bridgehead atoms. The van der Waals surface area contributed by atoms with E-state index in [2.05, 4.69) is 86.8 Å². The number of rotatable bonds is 44. The third-order valence-corrected chi connectivity index (χ3v) is 10.5. The highest BCUT2D eigenvalue weighted by atomic mass is 16.6. The maximum absolute atomic E-state index is 12.2. The van der Waals surface area contributed by atoms with Crippen LogP contribution in [0.25, 0.3) is 0 Å². The first-order valence-corrected chi connectivity index (χ1v) is 24.5. The van der Waals surface area contributed by atoms with Crippen LogP contribution in [0.15, 0.2) is 72.9 Å². The Morgan fingerprint density at radius 1 is 0.397 bits per heavy atom. The number of ether oxygens (including phenoxy) is 2. The van der Waals surface area contributed by atoms with Gasteiger partial charge in [0.25, 0.3) is 0 Å². The van der Waals surface area contributed by atoms with Gasteiger partial charge in [0.1, 0.15) is 6.61 Å². The zero-order valence-corrected chi connectivity index (χ0v) is 38.0. The molecule has 0 aromatic rings. The van der Waals surface area contributed by atoms with Gasteiger partial charge in [-0.2, -0.15) is 0 Å². The van der Waals surface area contributed by atoms with Crippen molar-refractivity contribution in [2.24, 2.45) is 0 Å². The predicted molar refractivity (Wildman–Crippen MR) is 251 cm³/mol. The quantitative estimate of drug-likeness (QED) is 0.0377. The monoisotopic (exact) mass is 809 g/mol. The van der Waals surface area contributed by atoms with Crippen LogP contribution in [-0.4, -0.2) is 36.4 Å². The summed E-state index contributed by atoms with van der Waals surface area (Å²) < 4.78 is 10.6. The summed E-state index contributed by atoms with van der Waals surface area (Å²) in [5.74, 6) is -0.705. The van der Waals surface area contributed by atoms with Crippen molar-refractivity contribution in [2.45, 2.75) is 238 Å². The Balaban J connectivity index is 3.66. The van der Waals surface area contributed by atoms with E-state index in [-0.39, 0.29) is 31.6 Å².